The number of hydrogen-bond donors (Lipinski definition) is 3. The first-order valence-electron chi connectivity index (χ1n) is 10.0. The molecule has 0 spiro atoms. The molecule has 29 heavy (non-hydrogen) atoms. The summed E-state index contributed by atoms with van der Waals surface area (Å²) in [6.45, 7) is 8.36. The first kappa shape index (κ1) is 23.5. The first-order valence-corrected chi connectivity index (χ1v) is 11.7. The second-order valence-electron chi connectivity index (χ2n) is 6.66. The van der Waals surface area contributed by atoms with Gasteiger partial charge in [-0.1, -0.05) is 12.1 Å². The number of halogens is 1. The van der Waals surface area contributed by atoms with Gasteiger partial charge in [-0.25, -0.2) is 17.5 Å². The Hall–Kier alpha value is -1.75. The van der Waals surface area contributed by atoms with Crippen molar-refractivity contribution >= 4 is 16.0 Å². The molecule has 1 atom stereocenters. The third-order valence-electron chi connectivity index (χ3n) is 4.63. The van der Waals surface area contributed by atoms with Crippen molar-refractivity contribution in [3.05, 3.63) is 35.6 Å². The van der Waals surface area contributed by atoms with E-state index in [1.54, 1.807) is 19.1 Å². The lowest BCUT2D eigenvalue weighted by molar-refractivity contribution is 0.0179. The van der Waals surface area contributed by atoms with Gasteiger partial charge < -0.3 is 15.4 Å². The Morgan fingerprint density at radius 1 is 1.17 bits per heavy atom. The molecule has 0 aliphatic carbocycles. The molecule has 1 aromatic rings. The van der Waals surface area contributed by atoms with Gasteiger partial charge in [-0.2, -0.15) is 0 Å². The van der Waals surface area contributed by atoms with Crippen molar-refractivity contribution in [2.75, 3.05) is 58.2 Å². The second-order valence-corrected chi connectivity index (χ2v) is 8.76. The molecule has 1 aliphatic rings. The Morgan fingerprint density at radius 2 is 1.86 bits per heavy atom. The molecule has 2 rings (SSSR count). The highest BCUT2D eigenvalue weighted by molar-refractivity contribution is 7.89. The fourth-order valence-electron chi connectivity index (χ4n) is 3.01. The van der Waals surface area contributed by atoms with Crippen LogP contribution in [0.1, 0.15) is 25.5 Å². The molecule has 0 bridgehead atoms. The summed E-state index contributed by atoms with van der Waals surface area (Å²) < 4.78 is 44.4. The van der Waals surface area contributed by atoms with Crippen LogP contribution in [0.2, 0.25) is 0 Å². The number of nitrogens with one attached hydrogen (secondary N) is 3. The molecule has 8 nitrogen and oxygen atoms in total. The van der Waals surface area contributed by atoms with Gasteiger partial charge >= 0.3 is 0 Å². The van der Waals surface area contributed by atoms with E-state index >= 15 is 0 Å². The summed E-state index contributed by atoms with van der Waals surface area (Å²) >= 11 is 0. The number of guanidine groups is 1. The molecule has 0 amide bonds. The maximum absolute atomic E-state index is 13.4. The standard InChI is InChI=1S/C19H32FN5O3S/c1-3-21-19(22-9-10-24-29(26,27)4-2)23-15-18(25-11-13-28-14-12-25)16-5-7-17(20)8-6-16/h5-8,18,24H,3-4,9-15H2,1-2H3,(H2,21,22,23). The van der Waals surface area contributed by atoms with Crippen molar-refractivity contribution in [3.8, 4) is 0 Å². The quantitative estimate of drug-likeness (QED) is 0.288. The molecule has 1 unspecified atom stereocenters. The minimum absolute atomic E-state index is 0.00792. The number of hydrogen-bond acceptors (Lipinski definition) is 5. The van der Waals surface area contributed by atoms with Crippen LogP contribution in [0.5, 0.6) is 0 Å². The van der Waals surface area contributed by atoms with Gasteiger partial charge in [-0.3, -0.25) is 9.89 Å². The van der Waals surface area contributed by atoms with Gasteiger partial charge in [0.15, 0.2) is 5.96 Å². The summed E-state index contributed by atoms with van der Waals surface area (Å²) in [5.41, 5.74) is 1.00. The minimum atomic E-state index is -3.21. The fourth-order valence-corrected chi connectivity index (χ4v) is 3.63. The predicted molar refractivity (Wildman–Crippen MR) is 113 cm³/mol. The number of morpholine rings is 1. The number of ether oxygens (including phenoxy) is 1. The summed E-state index contributed by atoms with van der Waals surface area (Å²) in [5, 5.41) is 6.32. The molecule has 0 aromatic heterocycles. The van der Waals surface area contributed by atoms with E-state index in [4.69, 9.17) is 4.74 Å². The minimum Gasteiger partial charge on any atom is -0.379 e. The van der Waals surface area contributed by atoms with Gasteiger partial charge in [0.05, 0.1) is 31.6 Å². The van der Waals surface area contributed by atoms with Crippen LogP contribution in [-0.4, -0.2) is 77.5 Å². The fraction of sp³-hybridized carbons (Fsp3) is 0.632. The van der Waals surface area contributed by atoms with Gasteiger partial charge in [0.25, 0.3) is 0 Å². The summed E-state index contributed by atoms with van der Waals surface area (Å²) in [7, 11) is -3.21. The van der Waals surface area contributed by atoms with Crippen molar-refractivity contribution in [1.82, 2.24) is 20.3 Å². The van der Waals surface area contributed by atoms with E-state index in [0.29, 0.717) is 38.8 Å². The Balaban J connectivity index is 2.03. The van der Waals surface area contributed by atoms with Crippen LogP contribution >= 0.6 is 0 Å². The normalized spacial score (nSPS) is 17.1. The number of benzene rings is 1. The predicted octanol–water partition coefficient (Wildman–Crippen LogP) is 0.693. The zero-order chi connectivity index (χ0) is 21.1. The zero-order valence-electron chi connectivity index (χ0n) is 17.2. The van der Waals surface area contributed by atoms with E-state index in [9.17, 15) is 12.8 Å². The molecule has 1 aliphatic heterocycles. The van der Waals surface area contributed by atoms with Crippen molar-refractivity contribution in [2.45, 2.75) is 19.9 Å². The van der Waals surface area contributed by atoms with Crippen molar-refractivity contribution in [3.63, 3.8) is 0 Å². The van der Waals surface area contributed by atoms with E-state index < -0.39 is 10.0 Å². The number of rotatable bonds is 10. The highest BCUT2D eigenvalue weighted by Gasteiger charge is 2.22. The largest absolute Gasteiger partial charge is 0.379 e. The lowest BCUT2D eigenvalue weighted by Crippen LogP contribution is -2.43. The first-order chi connectivity index (χ1) is 13.9. The number of nitrogens with zero attached hydrogens (tertiary/aromatic N) is 2. The SMILES string of the molecule is CCNC(=NCC(c1ccc(F)cc1)N1CCOCC1)NCCNS(=O)(=O)CC. The van der Waals surface area contributed by atoms with Crippen LogP contribution in [0.4, 0.5) is 4.39 Å². The average Bonchev–Trinajstić information content (AvgIpc) is 2.73. The second kappa shape index (κ2) is 12.1. The lowest BCUT2D eigenvalue weighted by atomic mass is 10.0. The average molecular weight is 430 g/mol. The number of sulfonamides is 1. The van der Waals surface area contributed by atoms with Gasteiger partial charge in [-0.05, 0) is 31.5 Å². The molecule has 1 heterocycles. The molecule has 10 heteroatoms. The third kappa shape index (κ3) is 8.25. The summed E-state index contributed by atoms with van der Waals surface area (Å²) in [5.74, 6) is 0.408. The van der Waals surface area contributed by atoms with Crippen LogP contribution in [0.25, 0.3) is 0 Å². The third-order valence-corrected chi connectivity index (χ3v) is 6.03. The van der Waals surface area contributed by atoms with Crippen molar-refractivity contribution in [2.24, 2.45) is 4.99 Å². The Morgan fingerprint density at radius 3 is 2.48 bits per heavy atom. The van der Waals surface area contributed by atoms with Gasteiger partial charge in [-0.15, -0.1) is 0 Å². The van der Waals surface area contributed by atoms with Crippen LogP contribution < -0.4 is 15.4 Å². The van der Waals surface area contributed by atoms with Crippen molar-refractivity contribution in [1.29, 1.82) is 0 Å². The van der Waals surface area contributed by atoms with Crippen LogP contribution in [0.3, 0.4) is 0 Å². The van der Waals surface area contributed by atoms with Gasteiger partial charge in [0, 0.05) is 32.7 Å². The van der Waals surface area contributed by atoms with Gasteiger partial charge in [0.2, 0.25) is 10.0 Å². The monoisotopic (exact) mass is 429 g/mol. The Labute approximate surface area is 173 Å². The topological polar surface area (TPSA) is 95.1 Å². The lowest BCUT2D eigenvalue weighted by Gasteiger charge is -2.34. The summed E-state index contributed by atoms with van der Waals surface area (Å²) in [6.07, 6.45) is 0. The highest BCUT2D eigenvalue weighted by atomic mass is 32.2. The molecule has 3 N–H and O–H groups in total. The van der Waals surface area contributed by atoms with Crippen LogP contribution in [0, 0.1) is 5.82 Å². The number of aliphatic imine (C=N–C) groups is 1. The van der Waals surface area contributed by atoms with E-state index in [1.807, 2.05) is 6.92 Å². The summed E-state index contributed by atoms with van der Waals surface area (Å²) in [6, 6.07) is 6.54. The highest BCUT2D eigenvalue weighted by Crippen LogP contribution is 2.22. The molecule has 1 aromatic carbocycles. The molecule has 0 radical (unpaired) electrons. The van der Waals surface area contributed by atoms with E-state index in [1.165, 1.54) is 12.1 Å². The molecular weight excluding hydrogens is 397 g/mol. The smallest absolute Gasteiger partial charge is 0.211 e. The van der Waals surface area contributed by atoms with E-state index in [-0.39, 0.29) is 24.2 Å². The maximum atomic E-state index is 13.4. The van der Waals surface area contributed by atoms with Crippen molar-refractivity contribution < 1.29 is 17.5 Å². The zero-order valence-corrected chi connectivity index (χ0v) is 18.0. The van der Waals surface area contributed by atoms with E-state index in [0.717, 1.165) is 18.7 Å². The van der Waals surface area contributed by atoms with Crippen LogP contribution in [-0.2, 0) is 14.8 Å². The molecule has 0 saturated carbocycles. The molecule has 1 saturated heterocycles. The molecule has 164 valence electrons. The maximum Gasteiger partial charge on any atom is 0.211 e. The van der Waals surface area contributed by atoms with E-state index in [2.05, 4.69) is 25.2 Å². The van der Waals surface area contributed by atoms with Gasteiger partial charge in [0.1, 0.15) is 5.82 Å². The Bertz CT molecular complexity index is 737. The summed E-state index contributed by atoms with van der Waals surface area (Å²) in [4.78, 5) is 6.97. The Kier molecular flexibility index (Phi) is 9.79. The van der Waals surface area contributed by atoms with Crippen LogP contribution in [0.15, 0.2) is 29.3 Å². The molecular formula is C19H32FN5O3S. The molecule has 1 fully saturated rings.